The van der Waals surface area contributed by atoms with Crippen LogP contribution in [0.3, 0.4) is 0 Å². The van der Waals surface area contributed by atoms with Gasteiger partial charge < -0.3 is 9.64 Å². The highest BCUT2D eigenvalue weighted by molar-refractivity contribution is 7.10. The summed E-state index contributed by atoms with van der Waals surface area (Å²) in [4.78, 5) is 25.1. The van der Waals surface area contributed by atoms with E-state index in [1.807, 2.05) is 23.1 Å². The summed E-state index contributed by atoms with van der Waals surface area (Å²) in [6.45, 7) is 2.18. The summed E-state index contributed by atoms with van der Waals surface area (Å²) in [7, 11) is 0. The van der Waals surface area contributed by atoms with Gasteiger partial charge in [-0.15, -0.1) is 11.3 Å². The number of carbonyl (C=O) groups is 1. The van der Waals surface area contributed by atoms with Crippen molar-refractivity contribution < 1.29 is 9.53 Å². The number of fused-ring (bicyclic) bond motifs is 3. The van der Waals surface area contributed by atoms with Crippen LogP contribution in [0.15, 0.2) is 42.0 Å². The molecule has 3 aromatic rings. The normalized spacial score (nSPS) is 18.8. The van der Waals surface area contributed by atoms with E-state index in [9.17, 15) is 4.79 Å². The number of ether oxygens (including phenoxy) is 1. The van der Waals surface area contributed by atoms with E-state index in [0.29, 0.717) is 24.2 Å². The first kappa shape index (κ1) is 15.9. The Balaban J connectivity index is 1.40. The molecule has 4 heterocycles. The van der Waals surface area contributed by atoms with Crippen molar-refractivity contribution in [1.82, 2.24) is 14.9 Å². The van der Waals surface area contributed by atoms with Crippen LogP contribution in [-0.2, 0) is 16.8 Å². The highest BCUT2D eigenvalue weighted by Crippen LogP contribution is 2.44. The second-order valence-corrected chi connectivity index (χ2v) is 7.81. The predicted octanol–water partition coefficient (Wildman–Crippen LogP) is 3.40. The lowest BCUT2D eigenvalue weighted by molar-refractivity contribution is -0.0906. The number of amides is 1. The van der Waals surface area contributed by atoms with Crippen LogP contribution in [0.4, 0.5) is 0 Å². The first-order valence-electron chi connectivity index (χ1n) is 8.97. The topological polar surface area (TPSA) is 55.3 Å². The van der Waals surface area contributed by atoms with Gasteiger partial charge in [-0.3, -0.25) is 14.8 Å². The largest absolute Gasteiger partial charge is 0.369 e. The molecule has 2 aromatic heterocycles. The summed E-state index contributed by atoms with van der Waals surface area (Å²) in [6, 6.07) is 7.82. The fourth-order valence-electron chi connectivity index (χ4n) is 4.13. The molecule has 0 atom stereocenters. The van der Waals surface area contributed by atoms with Gasteiger partial charge in [-0.25, -0.2) is 0 Å². The highest BCUT2D eigenvalue weighted by atomic mass is 32.1. The second-order valence-electron chi connectivity index (χ2n) is 6.89. The summed E-state index contributed by atoms with van der Waals surface area (Å²) in [5.41, 5.74) is 3.29. The number of rotatable bonds is 1. The molecule has 1 aromatic carbocycles. The predicted molar refractivity (Wildman–Crippen MR) is 100 cm³/mol. The maximum absolute atomic E-state index is 13.1. The minimum Gasteiger partial charge on any atom is -0.369 e. The molecule has 1 saturated heterocycles. The number of thiophene rings is 1. The van der Waals surface area contributed by atoms with Crippen molar-refractivity contribution in [1.29, 1.82) is 0 Å². The fraction of sp³-hybridized carbons (Fsp3) is 0.350. The molecule has 0 aliphatic carbocycles. The van der Waals surface area contributed by atoms with Crippen LogP contribution in [0.1, 0.15) is 33.6 Å². The number of para-hydroxylation sites is 1. The summed E-state index contributed by atoms with van der Waals surface area (Å²) in [5.74, 6) is 0.0353. The maximum atomic E-state index is 13.1. The van der Waals surface area contributed by atoms with E-state index < -0.39 is 0 Å². The van der Waals surface area contributed by atoms with Crippen molar-refractivity contribution in [2.45, 2.75) is 24.9 Å². The average molecular weight is 365 g/mol. The van der Waals surface area contributed by atoms with Crippen molar-refractivity contribution in [3.05, 3.63) is 58.0 Å². The van der Waals surface area contributed by atoms with Gasteiger partial charge in [0.25, 0.3) is 5.91 Å². The van der Waals surface area contributed by atoms with Crippen molar-refractivity contribution in [2.24, 2.45) is 0 Å². The fourth-order valence-corrected chi connectivity index (χ4v) is 5.30. The number of nitrogens with zero attached hydrogens (tertiary/aromatic N) is 3. The van der Waals surface area contributed by atoms with E-state index in [0.717, 1.165) is 31.4 Å². The molecule has 0 radical (unpaired) electrons. The summed E-state index contributed by atoms with van der Waals surface area (Å²) < 4.78 is 6.25. The van der Waals surface area contributed by atoms with Crippen LogP contribution in [0, 0.1) is 0 Å². The molecule has 1 fully saturated rings. The summed E-state index contributed by atoms with van der Waals surface area (Å²) in [5, 5.41) is 2.16. The number of aromatic nitrogens is 2. The van der Waals surface area contributed by atoms with Crippen molar-refractivity contribution in [3.63, 3.8) is 0 Å². The number of carbonyl (C=O) groups excluding carboxylic acids is 1. The number of benzene rings is 1. The second kappa shape index (κ2) is 6.14. The first-order valence-corrected chi connectivity index (χ1v) is 9.85. The SMILES string of the molecule is O=C(c1cccc2nccnc12)N1CCC2(CC1)OCCc1ccsc12. The lowest BCUT2D eigenvalue weighted by atomic mass is 9.85. The van der Waals surface area contributed by atoms with Gasteiger partial charge in [0.2, 0.25) is 0 Å². The van der Waals surface area contributed by atoms with Gasteiger partial charge in [0.05, 0.1) is 17.7 Å². The lowest BCUT2D eigenvalue weighted by Gasteiger charge is -2.43. The molecule has 0 unspecified atom stereocenters. The Morgan fingerprint density at radius 1 is 1.15 bits per heavy atom. The Labute approximate surface area is 155 Å². The van der Waals surface area contributed by atoms with Crippen LogP contribution in [-0.4, -0.2) is 40.5 Å². The van der Waals surface area contributed by atoms with Gasteiger partial charge in [-0.1, -0.05) is 6.07 Å². The Hall–Kier alpha value is -2.31. The van der Waals surface area contributed by atoms with Crippen LogP contribution in [0.5, 0.6) is 0 Å². The zero-order chi connectivity index (χ0) is 17.6. The van der Waals surface area contributed by atoms with Crippen molar-refractivity contribution in [2.75, 3.05) is 19.7 Å². The summed E-state index contributed by atoms with van der Waals surface area (Å²) >= 11 is 1.79. The van der Waals surface area contributed by atoms with E-state index in [1.165, 1.54) is 10.4 Å². The number of likely N-dealkylation sites (tertiary alicyclic amines) is 1. The zero-order valence-corrected chi connectivity index (χ0v) is 15.2. The zero-order valence-electron chi connectivity index (χ0n) is 14.4. The molecule has 6 heteroatoms. The van der Waals surface area contributed by atoms with E-state index >= 15 is 0 Å². The van der Waals surface area contributed by atoms with E-state index in [2.05, 4.69) is 21.4 Å². The van der Waals surface area contributed by atoms with Crippen molar-refractivity contribution in [3.8, 4) is 0 Å². The number of piperidine rings is 1. The minimum absolute atomic E-state index is 0.0353. The molecular formula is C20H19N3O2S. The van der Waals surface area contributed by atoms with E-state index in [-0.39, 0.29) is 11.5 Å². The molecule has 2 aliphatic rings. The molecule has 2 aliphatic heterocycles. The molecule has 0 saturated carbocycles. The third-order valence-corrected chi connectivity index (χ3v) is 6.64. The van der Waals surface area contributed by atoms with E-state index in [4.69, 9.17) is 4.74 Å². The lowest BCUT2D eigenvalue weighted by Crippen LogP contribution is -2.47. The van der Waals surface area contributed by atoms with Gasteiger partial charge in [-0.05, 0) is 48.4 Å². The van der Waals surface area contributed by atoms with Crippen LogP contribution < -0.4 is 0 Å². The molecule has 1 amide bonds. The van der Waals surface area contributed by atoms with Gasteiger partial charge in [0, 0.05) is 30.4 Å². The van der Waals surface area contributed by atoms with Crippen LogP contribution in [0.2, 0.25) is 0 Å². The van der Waals surface area contributed by atoms with Crippen LogP contribution in [0.25, 0.3) is 11.0 Å². The third-order valence-electron chi connectivity index (χ3n) is 5.50. The molecule has 1 spiro atoms. The molecule has 5 rings (SSSR count). The third kappa shape index (κ3) is 2.44. The Bertz CT molecular complexity index is 971. The van der Waals surface area contributed by atoms with Gasteiger partial charge >= 0.3 is 0 Å². The average Bonchev–Trinajstić information content (AvgIpc) is 3.18. The van der Waals surface area contributed by atoms with E-state index in [1.54, 1.807) is 23.7 Å². The highest BCUT2D eigenvalue weighted by Gasteiger charge is 2.42. The molecule has 26 heavy (non-hydrogen) atoms. The smallest absolute Gasteiger partial charge is 0.256 e. The Morgan fingerprint density at radius 2 is 2.00 bits per heavy atom. The molecule has 0 N–H and O–H groups in total. The first-order chi connectivity index (χ1) is 12.8. The molecule has 0 bridgehead atoms. The van der Waals surface area contributed by atoms with Gasteiger partial charge in [-0.2, -0.15) is 0 Å². The van der Waals surface area contributed by atoms with Crippen molar-refractivity contribution >= 4 is 28.3 Å². The quantitative estimate of drug-likeness (QED) is 0.663. The number of hydrogen-bond acceptors (Lipinski definition) is 5. The van der Waals surface area contributed by atoms with Crippen LogP contribution >= 0.6 is 11.3 Å². The van der Waals surface area contributed by atoms with Gasteiger partial charge in [0.15, 0.2) is 0 Å². The molecule has 5 nitrogen and oxygen atoms in total. The molecular weight excluding hydrogens is 346 g/mol. The minimum atomic E-state index is -0.197. The van der Waals surface area contributed by atoms with Gasteiger partial charge in [0.1, 0.15) is 11.1 Å². The Morgan fingerprint density at radius 3 is 2.88 bits per heavy atom. The Kier molecular flexibility index (Phi) is 3.76. The molecule has 132 valence electrons. The monoisotopic (exact) mass is 365 g/mol. The maximum Gasteiger partial charge on any atom is 0.256 e. The number of hydrogen-bond donors (Lipinski definition) is 0. The standard InChI is InChI=1S/C20H19N3O2S/c24-19(15-2-1-3-16-17(15)22-9-8-21-16)23-10-6-20(7-11-23)18-14(4-12-25-20)5-13-26-18/h1-3,5,8-9,13H,4,6-7,10-12H2. The summed E-state index contributed by atoms with van der Waals surface area (Å²) in [6.07, 6.45) is 5.99.